The van der Waals surface area contributed by atoms with Gasteiger partial charge in [-0.1, -0.05) is 30.3 Å². The number of fused-ring (bicyclic) bond motifs is 1. The molecule has 31 heavy (non-hydrogen) atoms. The molecule has 0 amide bonds. The molecule has 0 saturated carbocycles. The van der Waals surface area contributed by atoms with Crippen LogP contribution >= 0.6 is 8.38 Å². The molecule has 0 aliphatic heterocycles. The lowest BCUT2D eigenvalue weighted by Crippen LogP contribution is -2.23. The van der Waals surface area contributed by atoms with Gasteiger partial charge >= 0.3 is 0 Å². The van der Waals surface area contributed by atoms with E-state index in [1.165, 1.54) is 0 Å². The SMILES string of the molecule is CCOP(COC(CF)Cn1cnc2c(OCc3ccccc3)nc(N)nc21)OCC. The predicted octanol–water partition coefficient (Wildman–Crippen LogP) is 3.68. The van der Waals surface area contributed by atoms with Crippen molar-refractivity contribution in [1.82, 2.24) is 19.5 Å². The molecule has 0 aliphatic rings. The van der Waals surface area contributed by atoms with Crippen LogP contribution in [0.1, 0.15) is 19.4 Å². The van der Waals surface area contributed by atoms with E-state index in [1.807, 2.05) is 44.2 Å². The minimum Gasteiger partial charge on any atom is -0.471 e. The summed E-state index contributed by atoms with van der Waals surface area (Å²) in [6.07, 6.45) is 1.02. The molecule has 3 rings (SSSR count). The Bertz CT molecular complexity index is 940. The van der Waals surface area contributed by atoms with Crippen molar-refractivity contribution in [2.45, 2.75) is 33.1 Å². The second-order valence-electron chi connectivity index (χ2n) is 6.47. The first-order valence-electron chi connectivity index (χ1n) is 10.0. The Hall–Kier alpha value is -2.39. The summed E-state index contributed by atoms with van der Waals surface area (Å²) in [7, 11) is -1.21. The van der Waals surface area contributed by atoms with E-state index in [-0.39, 0.29) is 24.7 Å². The van der Waals surface area contributed by atoms with E-state index in [1.54, 1.807) is 10.9 Å². The van der Waals surface area contributed by atoms with E-state index < -0.39 is 21.2 Å². The van der Waals surface area contributed by atoms with E-state index in [2.05, 4.69) is 15.0 Å². The molecule has 0 radical (unpaired) electrons. The van der Waals surface area contributed by atoms with E-state index in [0.29, 0.717) is 31.0 Å². The monoisotopic (exact) mass is 451 g/mol. The van der Waals surface area contributed by atoms with E-state index in [4.69, 9.17) is 24.3 Å². The van der Waals surface area contributed by atoms with Gasteiger partial charge in [0.15, 0.2) is 19.5 Å². The number of nitrogens with zero attached hydrogens (tertiary/aromatic N) is 4. The zero-order valence-electron chi connectivity index (χ0n) is 17.6. The molecule has 3 aromatic rings. The van der Waals surface area contributed by atoms with Crippen LogP contribution in [0.4, 0.5) is 10.3 Å². The normalized spacial score (nSPS) is 12.5. The van der Waals surface area contributed by atoms with Gasteiger partial charge in [-0.05, 0) is 19.4 Å². The van der Waals surface area contributed by atoms with Crippen molar-refractivity contribution < 1.29 is 22.9 Å². The average molecular weight is 451 g/mol. The smallest absolute Gasteiger partial charge is 0.247 e. The number of halogens is 1. The number of nitrogen functional groups attached to an aromatic ring is 1. The van der Waals surface area contributed by atoms with Gasteiger partial charge in [0, 0.05) is 0 Å². The molecule has 2 aromatic heterocycles. The molecule has 1 aromatic carbocycles. The van der Waals surface area contributed by atoms with Crippen LogP contribution in [0.3, 0.4) is 0 Å². The van der Waals surface area contributed by atoms with Crippen LogP contribution in [-0.4, -0.2) is 51.9 Å². The number of nitrogens with two attached hydrogens (primary N) is 1. The number of imidazole rings is 1. The molecular weight excluding hydrogens is 424 g/mol. The van der Waals surface area contributed by atoms with E-state index in [0.717, 1.165) is 5.56 Å². The first-order chi connectivity index (χ1) is 15.1. The molecule has 9 nitrogen and oxygen atoms in total. The van der Waals surface area contributed by atoms with Crippen molar-refractivity contribution in [3.05, 3.63) is 42.2 Å². The van der Waals surface area contributed by atoms with Crippen LogP contribution in [0.15, 0.2) is 36.7 Å². The number of ether oxygens (including phenoxy) is 2. The first-order valence-corrected chi connectivity index (χ1v) is 11.4. The largest absolute Gasteiger partial charge is 0.471 e. The van der Waals surface area contributed by atoms with Gasteiger partial charge in [-0.25, -0.2) is 9.37 Å². The Balaban J connectivity index is 1.71. The van der Waals surface area contributed by atoms with Gasteiger partial charge in [-0.3, -0.25) is 0 Å². The van der Waals surface area contributed by atoms with Crippen molar-refractivity contribution in [1.29, 1.82) is 0 Å². The molecule has 0 aliphatic carbocycles. The van der Waals surface area contributed by atoms with Gasteiger partial charge in [0.05, 0.1) is 26.1 Å². The molecule has 0 spiro atoms. The number of alkyl halides is 1. The molecule has 2 heterocycles. The molecule has 11 heteroatoms. The van der Waals surface area contributed by atoms with Gasteiger partial charge in [0.2, 0.25) is 11.8 Å². The summed E-state index contributed by atoms with van der Waals surface area (Å²) in [4.78, 5) is 12.8. The van der Waals surface area contributed by atoms with Gasteiger partial charge < -0.3 is 28.8 Å². The van der Waals surface area contributed by atoms with Crippen molar-refractivity contribution in [2.24, 2.45) is 0 Å². The van der Waals surface area contributed by atoms with Crippen LogP contribution in [0, 0.1) is 0 Å². The first kappa shape index (κ1) is 23.3. The zero-order chi connectivity index (χ0) is 22.1. The predicted molar refractivity (Wildman–Crippen MR) is 116 cm³/mol. The molecule has 0 fully saturated rings. The summed E-state index contributed by atoms with van der Waals surface area (Å²) in [5.74, 6) is 0.324. The fourth-order valence-electron chi connectivity index (χ4n) is 2.83. The molecule has 0 bridgehead atoms. The summed E-state index contributed by atoms with van der Waals surface area (Å²) in [6, 6.07) is 9.68. The Kier molecular flexibility index (Phi) is 8.90. The number of hydrogen-bond donors (Lipinski definition) is 1. The fraction of sp³-hybridized carbons (Fsp3) is 0.450. The third kappa shape index (κ3) is 6.54. The Morgan fingerprint density at radius 2 is 1.87 bits per heavy atom. The Labute approximate surface area is 181 Å². The highest BCUT2D eigenvalue weighted by molar-refractivity contribution is 7.47. The molecular formula is C20H27FN5O4P. The van der Waals surface area contributed by atoms with E-state index >= 15 is 0 Å². The Morgan fingerprint density at radius 3 is 2.55 bits per heavy atom. The lowest BCUT2D eigenvalue weighted by Gasteiger charge is -2.20. The Morgan fingerprint density at radius 1 is 1.13 bits per heavy atom. The summed E-state index contributed by atoms with van der Waals surface area (Å²) < 4.78 is 37.8. The topological polar surface area (TPSA) is 107 Å². The highest BCUT2D eigenvalue weighted by Gasteiger charge is 2.19. The summed E-state index contributed by atoms with van der Waals surface area (Å²) in [6.45, 7) is 4.59. The highest BCUT2D eigenvalue weighted by atomic mass is 31.2. The molecule has 168 valence electrons. The zero-order valence-corrected chi connectivity index (χ0v) is 18.5. The van der Waals surface area contributed by atoms with Crippen molar-refractivity contribution >= 4 is 25.5 Å². The molecule has 2 N–H and O–H groups in total. The standard InChI is InChI=1S/C20H27FN5O4P/c1-3-29-31(30-4-2)14-28-16(10-21)11-26-13-23-17-18(26)24-20(22)25-19(17)27-12-15-8-6-5-7-9-15/h5-9,13,16H,3-4,10-12,14H2,1-2H3,(H2,22,24,25). The number of benzene rings is 1. The number of aromatic nitrogens is 4. The summed E-state index contributed by atoms with van der Waals surface area (Å²) in [5, 5.41) is 0. The number of rotatable bonds is 13. The maximum Gasteiger partial charge on any atom is 0.247 e. The van der Waals surface area contributed by atoms with Crippen LogP contribution in [-0.2, 0) is 26.9 Å². The third-order valence-corrected chi connectivity index (χ3v) is 5.65. The van der Waals surface area contributed by atoms with Crippen molar-refractivity contribution in [3.8, 4) is 5.88 Å². The van der Waals surface area contributed by atoms with Gasteiger partial charge in [0.1, 0.15) is 25.7 Å². The van der Waals surface area contributed by atoms with Crippen molar-refractivity contribution in [3.63, 3.8) is 0 Å². The summed E-state index contributed by atoms with van der Waals surface area (Å²) in [5.41, 5.74) is 7.76. The highest BCUT2D eigenvalue weighted by Crippen LogP contribution is 2.38. The van der Waals surface area contributed by atoms with Gasteiger partial charge in [0.25, 0.3) is 0 Å². The number of hydrogen-bond acceptors (Lipinski definition) is 8. The fourth-order valence-corrected chi connectivity index (χ4v) is 3.96. The minimum atomic E-state index is -1.21. The maximum atomic E-state index is 13.6. The minimum absolute atomic E-state index is 0.0474. The molecule has 1 unspecified atom stereocenters. The lowest BCUT2D eigenvalue weighted by molar-refractivity contribution is 0.0448. The molecule has 1 atom stereocenters. The second kappa shape index (κ2) is 11.9. The van der Waals surface area contributed by atoms with E-state index in [9.17, 15) is 4.39 Å². The maximum absolute atomic E-state index is 13.6. The van der Waals surface area contributed by atoms with Crippen LogP contribution < -0.4 is 10.5 Å². The quantitative estimate of drug-likeness (QED) is 0.392. The van der Waals surface area contributed by atoms with Gasteiger partial charge in [-0.15, -0.1) is 0 Å². The summed E-state index contributed by atoms with van der Waals surface area (Å²) >= 11 is 0. The van der Waals surface area contributed by atoms with Crippen LogP contribution in [0.2, 0.25) is 0 Å². The second-order valence-corrected chi connectivity index (χ2v) is 7.91. The van der Waals surface area contributed by atoms with Crippen LogP contribution in [0.5, 0.6) is 5.88 Å². The number of anilines is 1. The third-order valence-electron chi connectivity index (χ3n) is 4.20. The lowest BCUT2D eigenvalue weighted by atomic mass is 10.2. The van der Waals surface area contributed by atoms with Gasteiger partial charge in [-0.2, -0.15) is 9.97 Å². The molecule has 0 saturated heterocycles. The van der Waals surface area contributed by atoms with Crippen LogP contribution in [0.25, 0.3) is 11.2 Å². The van der Waals surface area contributed by atoms with Crippen molar-refractivity contribution in [2.75, 3.05) is 32.0 Å². The average Bonchev–Trinajstić information content (AvgIpc) is 3.18.